The lowest BCUT2D eigenvalue weighted by Gasteiger charge is -2.35. The number of piperidine rings is 1. The lowest BCUT2D eigenvalue weighted by atomic mass is 10.0. The van der Waals surface area contributed by atoms with Gasteiger partial charge in [0.25, 0.3) is 0 Å². The van der Waals surface area contributed by atoms with Crippen LogP contribution in [0.15, 0.2) is 0 Å². The zero-order valence-electron chi connectivity index (χ0n) is 9.66. The molecule has 0 aliphatic carbocycles. The van der Waals surface area contributed by atoms with Crippen LogP contribution in [0.1, 0.15) is 19.3 Å². The molecule has 2 saturated heterocycles. The fourth-order valence-corrected chi connectivity index (χ4v) is 3.19. The van der Waals surface area contributed by atoms with Crippen LogP contribution in [0.4, 0.5) is 0 Å². The summed E-state index contributed by atoms with van der Waals surface area (Å²) in [7, 11) is 2.25. The van der Waals surface area contributed by atoms with Gasteiger partial charge in [-0.05, 0) is 39.4 Å². The van der Waals surface area contributed by atoms with Gasteiger partial charge in [-0.25, -0.2) is 3.11 Å². The Bertz CT molecular complexity index is 192. The molecule has 2 aliphatic rings. The highest BCUT2D eigenvalue weighted by Crippen LogP contribution is 2.19. The van der Waals surface area contributed by atoms with Crippen LogP contribution in [-0.2, 0) is 0 Å². The fraction of sp³-hybridized carbons (Fsp3) is 1.00. The largest absolute Gasteiger partial charge is 0.305 e. The van der Waals surface area contributed by atoms with E-state index in [0.29, 0.717) is 0 Å². The lowest BCUT2D eigenvalue weighted by molar-refractivity contribution is 0.152. The second-order valence-electron chi connectivity index (χ2n) is 4.83. The molecule has 88 valence electrons. The van der Waals surface area contributed by atoms with Gasteiger partial charge in [0, 0.05) is 55.1 Å². The van der Waals surface area contributed by atoms with Crippen LogP contribution in [-0.4, -0.2) is 65.3 Å². The van der Waals surface area contributed by atoms with Crippen LogP contribution >= 0.6 is 22.9 Å². The minimum Gasteiger partial charge on any atom is -0.305 e. The topological polar surface area (TPSA) is 9.72 Å². The molecule has 0 aromatic rings. The molecule has 2 rings (SSSR count). The van der Waals surface area contributed by atoms with E-state index in [4.69, 9.17) is 0 Å². The van der Waals surface area contributed by atoms with E-state index in [-0.39, 0.29) is 0 Å². The van der Waals surface area contributed by atoms with Gasteiger partial charge >= 0.3 is 0 Å². The highest BCUT2D eigenvalue weighted by molar-refractivity contribution is 14.1. The third-order valence-electron chi connectivity index (χ3n) is 3.68. The van der Waals surface area contributed by atoms with E-state index in [1.165, 1.54) is 58.5 Å². The highest BCUT2D eigenvalue weighted by Gasteiger charge is 2.24. The summed E-state index contributed by atoms with van der Waals surface area (Å²) in [5.74, 6) is 0. The summed E-state index contributed by atoms with van der Waals surface area (Å²) in [6, 6.07) is 0.863. The molecule has 0 saturated carbocycles. The Kier molecular flexibility index (Phi) is 4.67. The van der Waals surface area contributed by atoms with Crippen LogP contribution in [0.2, 0.25) is 0 Å². The third kappa shape index (κ3) is 3.54. The molecule has 15 heavy (non-hydrogen) atoms. The first-order valence-corrected chi connectivity index (χ1v) is 7.05. The molecule has 0 atom stereocenters. The number of halogens is 1. The molecule has 3 nitrogen and oxygen atoms in total. The van der Waals surface area contributed by atoms with E-state index in [9.17, 15) is 0 Å². The van der Waals surface area contributed by atoms with Crippen LogP contribution in [0.3, 0.4) is 0 Å². The summed E-state index contributed by atoms with van der Waals surface area (Å²) in [6.45, 7) is 7.68. The Balaban J connectivity index is 1.82. The van der Waals surface area contributed by atoms with Crippen molar-refractivity contribution in [3.05, 3.63) is 0 Å². The summed E-state index contributed by atoms with van der Waals surface area (Å²) in [4.78, 5) is 5.20. The Morgan fingerprint density at radius 2 is 1.67 bits per heavy atom. The van der Waals surface area contributed by atoms with Gasteiger partial charge in [0.15, 0.2) is 0 Å². The van der Waals surface area contributed by atoms with E-state index in [1.807, 2.05) is 0 Å². The molecule has 0 radical (unpaired) electrons. The third-order valence-corrected chi connectivity index (χ3v) is 4.65. The number of likely N-dealkylation sites (N-methyl/N-ethyl adjacent to an activating group) is 1. The van der Waals surface area contributed by atoms with Crippen LogP contribution in [0, 0.1) is 0 Å². The zero-order valence-corrected chi connectivity index (χ0v) is 11.8. The fourth-order valence-electron chi connectivity index (χ4n) is 2.63. The van der Waals surface area contributed by atoms with Crippen LogP contribution in [0.5, 0.6) is 0 Å². The molecule has 2 heterocycles. The van der Waals surface area contributed by atoms with Gasteiger partial charge in [0.05, 0.1) is 0 Å². The molecule has 0 unspecified atom stereocenters. The summed E-state index contributed by atoms with van der Waals surface area (Å²) in [5.41, 5.74) is 0. The Morgan fingerprint density at radius 1 is 0.933 bits per heavy atom. The minimum absolute atomic E-state index is 0.863. The average molecular weight is 323 g/mol. The van der Waals surface area contributed by atoms with Gasteiger partial charge in [-0.15, -0.1) is 0 Å². The van der Waals surface area contributed by atoms with E-state index in [0.717, 1.165) is 6.04 Å². The number of hydrogen-bond acceptors (Lipinski definition) is 3. The van der Waals surface area contributed by atoms with Crippen molar-refractivity contribution in [3.8, 4) is 0 Å². The van der Waals surface area contributed by atoms with E-state index in [2.05, 4.69) is 42.8 Å². The molecule has 0 amide bonds. The minimum atomic E-state index is 0.863. The lowest BCUT2D eigenvalue weighted by Crippen LogP contribution is -2.43. The van der Waals surface area contributed by atoms with Crippen molar-refractivity contribution in [2.75, 3.05) is 46.3 Å². The first-order valence-electron chi connectivity index (χ1n) is 6.09. The van der Waals surface area contributed by atoms with Gasteiger partial charge in [-0.1, -0.05) is 0 Å². The van der Waals surface area contributed by atoms with E-state index < -0.39 is 0 Å². The van der Waals surface area contributed by atoms with Gasteiger partial charge in [0.1, 0.15) is 0 Å². The van der Waals surface area contributed by atoms with Gasteiger partial charge < -0.3 is 4.90 Å². The van der Waals surface area contributed by atoms with Gasteiger partial charge in [-0.2, -0.15) is 0 Å². The van der Waals surface area contributed by atoms with Crippen molar-refractivity contribution in [1.29, 1.82) is 0 Å². The predicted octanol–water partition coefficient (Wildman–Crippen LogP) is 1.44. The summed E-state index contributed by atoms with van der Waals surface area (Å²) in [5, 5.41) is 0. The molecular formula is C11H22IN3. The highest BCUT2D eigenvalue weighted by atomic mass is 127. The monoisotopic (exact) mass is 323 g/mol. The molecule has 0 N–H and O–H groups in total. The van der Waals surface area contributed by atoms with Crippen molar-refractivity contribution < 1.29 is 0 Å². The average Bonchev–Trinajstić information content (AvgIpc) is 2.44. The standard InChI is InChI=1S/C11H22IN3/c1-13-5-2-6-14(10-9-13)11-3-7-15(12)8-4-11/h11H,2-10H2,1H3. The Hall–Kier alpha value is 0.610. The first kappa shape index (κ1) is 12.1. The first-order chi connectivity index (χ1) is 7.25. The number of nitrogens with zero attached hydrogens (tertiary/aromatic N) is 3. The molecule has 2 aliphatic heterocycles. The van der Waals surface area contributed by atoms with Crippen LogP contribution in [0.25, 0.3) is 0 Å². The SMILES string of the molecule is CN1CCCN(C2CCN(I)CC2)CC1. The smallest absolute Gasteiger partial charge is 0.0201 e. The molecule has 4 heteroatoms. The Morgan fingerprint density at radius 3 is 2.40 bits per heavy atom. The van der Waals surface area contributed by atoms with Gasteiger partial charge in [0.2, 0.25) is 0 Å². The number of rotatable bonds is 1. The van der Waals surface area contributed by atoms with Crippen molar-refractivity contribution >= 4 is 22.9 Å². The van der Waals surface area contributed by atoms with E-state index in [1.54, 1.807) is 0 Å². The van der Waals surface area contributed by atoms with E-state index >= 15 is 0 Å². The van der Waals surface area contributed by atoms with Crippen molar-refractivity contribution in [1.82, 2.24) is 12.9 Å². The molecule has 0 spiro atoms. The summed E-state index contributed by atoms with van der Waals surface area (Å²) in [6.07, 6.45) is 4.08. The zero-order chi connectivity index (χ0) is 10.7. The molecular weight excluding hydrogens is 301 g/mol. The predicted molar refractivity (Wildman–Crippen MR) is 72.3 cm³/mol. The number of hydrogen-bond donors (Lipinski definition) is 0. The quantitative estimate of drug-likeness (QED) is 0.534. The second-order valence-corrected chi connectivity index (χ2v) is 6.20. The van der Waals surface area contributed by atoms with Crippen LogP contribution < -0.4 is 0 Å². The maximum Gasteiger partial charge on any atom is 0.0201 e. The van der Waals surface area contributed by atoms with Crippen molar-refractivity contribution in [2.24, 2.45) is 0 Å². The molecule has 2 fully saturated rings. The van der Waals surface area contributed by atoms with Crippen molar-refractivity contribution in [3.63, 3.8) is 0 Å². The summed E-state index contributed by atoms with van der Waals surface area (Å²) < 4.78 is 2.43. The van der Waals surface area contributed by atoms with Gasteiger partial charge in [-0.3, -0.25) is 4.90 Å². The maximum atomic E-state index is 2.73. The molecule has 0 aromatic heterocycles. The summed E-state index contributed by atoms with van der Waals surface area (Å²) >= 11 is 2.46. The maximum absolute atomic E-state index is 2.73. The molecule has 0 aromatic carbocycles. The second kappa shape index (κ2) is 5.80. The van der Waals surface area contributed by atoms with Crippen molar-refractivity contribution in [2.45, 2.75) is 25.3 Å². The normalized spacial score (nSPS) is 29.2. The Labute approximate surface area is 107 Å². The molecule has 0 bridgehead atoms.